The van der Waals surface area contributed by atoms with Crippen LogP contribution in [0.15, 0.2) is 219 Å². The molecule has 14 aromatic rings. The number of fused-ring (bicyclic) bond motifs is 12. The number of aromatic nitrogens is 5. The van der Waals surface area contributed by atoms with Crippen molar-refractivity contribution in [3.8, 4) is 39.9 Å². The number of nitrogens with zero attached hydrogens (tertiary/aromatic N) is 6. The summed E-state index contributed by atoms with van der Waals surface area (Å²) in [4.78, 5) is 4.78. The third kappa shape index (κ3) is 5.08. The molecule has 9 aromatic carbocycles. The molecule has 0 saturated heterocycles. The summed E-state index contributed by atoms with van der Waals surface area (Å²) < 4.78 is 9.47. The molecule has 5 aromatic heterocycles. The van der Waals surface area contributed by atoms with Crippen molar-refractivity contribution in [3.05, 3.63) is 224 Å². The highest BCUT2D eigenvalue weighted by Crippen LogP contribution is 2.43. The molecule has 0 bridgehead atoms. The van der Waals surface area contributed by atoms with Crippen LogP contribution in [-0.4, -0.2) is 23.3 Å². The van der Waals surface area contributed by atoms with Crippen LogP contribution in [0, 0.1) is 11.3 Å². The quantitative estimate of drug-likeness (QED) is 0.173. The van der Waals surface area contributed by atoms with Crippen molar-refractivity contribution in [3.63, 3.8) is 0 Å². The topological polar surface area (TPSA) is 56.4 Å². The molecule has 6 nitrogen and oxygen atoms in total. The van der Waals surface area contributed by atoms with Gasteiger partial charge in [-0.05, 0) is 97.1 Å². The molecule has 6 heteroatoms. The molecule has 0 radical (unpaired) electrons. The maximum atomic E-state index is 10.4. The van der Waals surface area contributed by atoms with Crippen molar-refractivity contribution in [2.45, 2.75) is 0 Å². The largest absolute Gasteiger partial charge is 0.309 e. The van der Waals surface area contributed by atoms with E-state index in [1.54, 1.807) is 0 Å². The smallest absolute Gasteiger partial charge is 0.0991 e. The fraction of sp³-hybridized carbons (Fsp3) is 0. The molecule has 0 aliphatic rings. The van der Waals surface area contributed by atoms with Crippen LogP contribution in [0.1, 0.15) is 5.56 Å². The Morgan fingerprint density at radius 2 is 0.697 bits per heavy atom. The molecule has 0 aliphatic carbocycles. The zero-order chi connectivity index (χ0) is 43.5. The van der Waals surface area contributed by atoms with Gasteiger partial charge in [-0.3, -0.25) is 4.98 Å². The fourth-order valence-corrected chi connectivity index (χ4v) is 10.9. The maximum Gasteiger partial charge on any atom is 0.0991 e. The van der Waals surface area contributed by atoms with Crippen LogP contribution in [0.3, 0.4) is 0 Å². The molecule has 306 valence electrons. The Morgan fingerprint density at radius 3 is 1.14 bits per heavy atom. The zero-order valence-corrected chi connectivity index (χ0v) is 35.5. The minimum Gasteiger partial charge on any atom is -0.309 e. The van der Waals surface area contributed by atoms with E-state index in [1.807, 2.05) is 24.5 Å². The minimum atomic E-state index is 0.587. The van der Waals surface area contributed by atoms with Crippen molar-refractivity contribution in [1.82, 2.24) is 23.3 Å². The van der Waals surface area contributed by atoms with Gasteiger partial charge < -0.3 is 18.3 Å². The van der Waals surface area contributed by atoms with Crippen LogP contribution in [0.4, 0.5) is 0 Å². The summed E-state index contributed by atoms with van der Waals surface area (Å²) in [6.07, 6.45) is 3.83. The predicted octanol–water partition coefficient (Wildman–Crippen LogP) is 15.0. The van der Waals surface area contributed by atoms with E-state index in [4.69, 9.17) is 4.98 Å². The monoisotopic (exact) mass is 840 g/mol. The number of hydrogen-bond donors (Lipinski definition) is 0. The minimum absolute atomic E-state index is 0.587. The average molecular weight is 841 g/mol. The van der Waals surface area contributed by atoms with Crippen molar-refractivity contribution in [2.75, 3.05) is 0 Å². The first-order chi connectivity index (χ1) is 32.7. The van der Waals surface area contributed by atoms with Gasteiger partial charge in [0.1, 0.15) is 0 Å². The van der Waals surface area contributed by atoms with E-state index in [-0.39, 0.29) is 0 Å². The molecule has 0 fully saturated rings. The van der Waals surface area contributed by atoms with Gasteiger partial charge >= 0.3 is 0 Å². The first-order valence-electron chi connectivity index (χ1n) is 22.3. The first-order valence-corrected chi connectivity index (χ1v) is 22.3. The second kappa shape index (κ2) is 13.9. The Bertz CT molecular complexity index is 4270. The van der Waals surface area contributed by atoms with Crippen LogP contribution in [0.25, 0.3) is 121 Å². The normalized spacial score (nSPS) is 11.9. The number of pyridine rings is 1. The lowest BCUT2D eigenvalue weighted by Gasteiger charge is -2.18. The van der Waals surface area contributed by atoms with E-state index in [2.05, 4.69) is 218 Å². The number of nitriles is 1. The molecule has 14 rings (SSSR count). The molecule has 0 atom stereocenters. The molecule has 0 aliphatic heterocycles. The van der Waals surface area contributed by atoms with Crippen LogP contribution in [0.2, 0.25) is 0 Å². The van der Waals surface area contributed by atoms with E-state index >= 15 is 0 Å². The molecule has 66 heavy (non-hydrogen) atoms. The van der Waals surface area contributed by atoms with Crippen molar-refractivity contribution in [1.29, 1.82) is 5.26 Å². The zero-order valence-electron chi connectivity index (χ0n) is 35.5. The van der Waals surface area contributed by atoms with Crippen LogP contribution >= 0.6 is 0 Å². The third-order valence-corrected chi connectivity index (χ3v) is 13.7. The molecule has 0 spiro atoms. The summed E-state index contributed by atoms with van der Waals surface area (Å²) in [6, 6.07) is 76.2. The van der Waals surface area contributed by atoms with Gasteiger partial charge in [-0.15, -0.1) is 0 Å². The third-order valence-electron chi connectivity index (χ3n) is 13.7. The molecule has 0 amide bonds. The van der Waals surface area contributed by atoms with Gasteiger partial charge in [0, 0.05) is 71.8 Å². The number of hydrogen-bond acceptors (Lipinski definition) is 2. The molecular formula is C60H36N6. The highest BCUT2D eigenvalue weighted by atomic mass is 15.0. The molecule has 5 heterocycles. The average Bonchev–Trinajstić information content (AvgIpc) is 4.11. The maximum absolute atomic E-state index is 10.4. The molecular weight excluding hydrogens is 805 g/mol. The second-order valence-corrected chi connectivity index (χ2v) is 17.1. The van der Waals surface area contributed by atoms with Gasteiger partial charge in [-0.25, -0.2) is 0 Å². The Morgan fingerprint density at radius 1 is 0.318 bits per heavy atom. The molecule has 0 N–H and O–H groups in total. The van der Waals surface area contributed by atoms with Gasteiger partial charge in [0.15, 0.2) is 0 Å². The second-order valence-electron chi connectivity index (χ2n) is 17.1. The fourth-order valence-electron chi connectivity index (χ4n) is 10.9. The van der Waals surface area contributed by atoms with Gasteiger partial charge in [-0.2, -0.15) is 5.26 Å². The highest BCUT2D eigenvalue weighted by Gasteiger charge is 2.23. The van der Waals surface area contributed by atoms with Crippen molar-refractivity contribution < 1.29 is 0 Å². The van der Waals surface area contributed by atoms with E-state index in [0.29, 0.717) is 5.56 Å². The summed E-state index contributed by atoms with van der Waals surface area (Å²) in [5, 5.41) is 20.0. The summed E-state index contributed by atoms with van der Waals surface area (Å²) in [7, 11) is 0. The van der Waals surface area contributed by atoms with E-state index in [9.17, 15) is 5.26 Å². The summed E-state index contributed by atoms with van der Waals surface area (Å²) in [5.41, 5.74) is 15.6. The number of benzene rings is 9. The predicted molar refractivity (Wildman–Crippen MR) is 272 cm³/mol. The van der Waals surface area contributed by atoms with E-state index < -0.39 is 0 Å². The standard InChI is InChI=1S/C60H36N6/c61-36-38-25-28-57(65-55-23-11-5-17-45(55)49-34-39(26-29-58(49)65)63-51-19-7-1-13-41(51)42-14-2-8-20-52(42)63)48(33-38)47-31-32-62-37-60(47)66-56-24-12-6-18-46(56)50-35-40(27-30-59(50)66)64-53-21-9-3-15-43(53)44-16-4-10-22-54(44)64/h1-35,37H. The summed E-state index contributed by atoms with van der Waals surface area (Å²) in [6.45, 7) is 0. The van der Waals surface area contributed by atoms with E-state index in [0.717, 1.165) is 77.5 Å². The van der Waals surface area contributed by atoms with E-state index in [1.165, 1.54) is 43.6 Å². The van der Waals surface area contributed by atoms with Gasteiger partial charge in [0.05, 0.1) is 73.3 Å². The SMILES string of the molecule is N#Cc1ccc(-n2c3ccccc3c3cc(-n4c5ccccc5c5ccccc54)ccc32)c(-c2ccncc2-n2c3ccccc3c3cc(-n4c5ccccc5c5ccccc54)ccc32)c1. The lowest BCUT2D eigenvalue weighted by atomic mass is 10.00. The first kappa shape index (κ1) is 36.3. The molecule has 0 saturated carbocycles. The highest BCUT2D eigenvalue weighted by molar-refractivity contribution is 6.14. The lowest BCUT2D eigenvalue weighted by molar-refractivity contribution is 1.13. The Hall–Kier alpha value is -9.18. The van der Waals surface area contributed by atoms with Crippen LogP contribution in [0.5, 0.6) is 0 Å². The molecule has 0 unspecified atom stereocenters. The Balaban J connectivity index is 0.993. The Kier molecular flexibility index (Phi) is 7.65. The van der Waals surface area contributed by atoms with Gasteiger partial charge in [0.2, 0.25) is 0 Å². The van der Waals surface area contributed by atoms with Crippen molar-refractivity contribution in [2.24, 2.45) is 0 Å². The Labute approximate surface area is 378 Å². The van der Waals surface area contributed by atoms with Gasteiger partial charge in [-0.1, -0.05) is 109 Å². The summed E-state index contributed by atoms with van der Waals surface area (Å²) >= 11 is 0. The number of para-hydroxylation sites is 6. The van der Waals surface area contributed by atoms with Gasteiger partial charge in [0.25, 0.3) is 0 Å². The van der Waals surface area contributed by atoms with Crippen molar-refractivity contribution >= 4 is 87.2 Å². The number of rotatable bonds is 5. The summed E-state index contributed by atoms with van der Waals surface area (Å²) in [5.74, 6) is 0. The van der Waals surface area contributed by atoms with Crippen LogP contribution in [-0.2, 0) is 0 Å². The van der Waals surface area contributed by atoms with Crippen LogP contribution < -0.4 is 0 Å². The lowest BCUT2D eigenvalue weighted by Crippen LogP contribution is -2.03.